The Morgan fingerprint density at radius 3 is 3.10 bits per heavy atom. The van der Waals surface area contributed by atoms with E-state index in [1.165, 1.54) is 20.5 Å². The molecule has 0 radical (unpaired) electrons. The molecule has 0 saturated carbocycles. The van der Waals surface area contributed by atoms with Crippen LogP contribution in [0, 0.1) is 11.3 Å². The van der Waals surface area contributed by atoms with E-state index < -0.39 is 6.09 Å². The largest absolute Gasteiger partial charge is 0.447 e. The Morgan fingerprint density at radius 2 is 2.29 bits per heavy atom. The summed E-state index contributed by atoms with van der Waals surface area (Å²) >= 11 is 6.54. The lowest BCUT2D eigenvalue weighted by Gasteiger charge is -2.31. The van der Waals surface area contributed by atoms with Crippen LogP contribution in [0.15, 0.2) is 51.5 Å². The van der Waals surface area contributed by atoms with E-state index in [1.807, 2.05) is 36.5 Å². The molecular weight excluding hydrogens is 436 g/mol. The monoisotopic (exact) mass is 456 g/mol. The first-order chi connectivity index (χ1) is 15.1. The quantitative estimate of drug-likeness (QED) is 0.556. The van der Waals surface area contributed by atoms with Gasteiger partial charge in [-0.05, 0) is 24.0 Å². The summed E-state index contributed by atoms with van der Waals surface area (Å²) in [5.74, 6) is 0. The number of rotatable bonds is 3. The predicted molar refractivity (Wildman–Crippen MR) is 123 cm³/mol. The van der Waals surface area contributed by atoms with Crippen LogP contribution < -0.4 is 10.3 Å². The number of carbonyl (C=O) groups is 1. The molecule has 1 amide bonds. The first-order valence-corrected chi connectivity index (χ1v) is 11.9. The zero-order valence-electron chi connectivity index (χ0n) is 16.9. The number of hydrogen-bond donors (Lipinski definition) is 1. The topological polar surface area (TPSA) is 84.2 Å². The molecule has 1 aromatic carbocycles. The maximum absolute atomic E-state index is 12.8. The molecule has 31 heavy (non-hydrogen) atoms. The summed E-state index contributed by atoms with van der Waals surface area (Å²) in [6.07, 6.45) is 5.72. The van der Waals surface area contributed by atoms with Crippen molar-refractivity contribution in [1.29, 1.82) is 5.26 Å². The van der Waals surface area contributed by atoms with Crippen molar-refractivity contribution in [2.75, 3.05) is 37.5 Å². The molecule has 4 aliphatic rings. The SMILES string of the molecule is CS1=C2C(=CN(c3ccccc3Cl)CC3N2CNN3C(=O)OCCC#N)C2=C1C=NC2. The molecule has 1 N–H and O–H groups in total. The lowest BCUT2D eigenvalue weighted by Crippen LogP contribution is -2.50. The highest BCUT2D eigenvalue weighted by atomic mass is 35.5. The van der Waals surface area contributed by atoms with Gasteiger partial charge in [-0.15, -0.1) is 10.5 Å². The zero-order valence-corrected chi connectivity index (χ0v) is 18.5. The third kappa shape index (κ3) is 3.36. The van der Waals surface area contributed by atoms with Gasteiger partial charge in [-0.25, -0.2) is 20.1 Å². The van der Waals surface area contributed by atoms with Crippen molar-refractivity contribution in [2.24, 2.45) is 4.99 Å². The summed E-state index contributed by atoms with van der Waals surface area (Å²) in [6, 6.07) is 9.70. The molecule has 2 atom stereocenters. The van der Waals surface area contributed by atoms with E-state index >= 15 is 0 Å². The molecule has 4 heterocycles. The first kappa shape index (κ1) is 20.3. The van der Waals surface area contributed by atoms with Crippen LogP contribution >= 0.6 is 22.1 Å². The van der Waals surface area contributed by atoms with Gasteiger partial charge in [-0.2, -0.15) is 5.26 Å². The third-order valence-electron chi connectivity index (χ3n) is 5.70. The Labute approximate surface area is 187 Å². The molecule has 10 heteroatoms. The molecule has 8 nitrogen and oxygen atoms in total. The fourth-order valence-electron chi connectivity index (χ4n) is 4.29. The highest BCUT2D eigenvalue weighted by molar-refractivity contribution is 8.20. The second-order valence-corrected chi connectivity index (χ2v) is 9.69. The van der Waals surface area contributed by atoms with Crippen molar-refractivity contribution in [3.05, 3.63) is 51.5 Å². The van der Waals surface area contributed by atoms with Gasteiger partial charge in [0, 0.05) is 22.9 Å². The normalized spacial score (nSPS) is 24.5. The summed E-state index contributed by atoms with van der Waals surface area (Å²) < 4.78 is 5.31. The number of para-hydroxylation sites is 1. The van der Waals surface area contributed by atoms with E-state index in [0.717, 1.165) is 11.3 Å². The van der Waals surface area contributed by atoms with E-state index in [1.54, 1.807) is 0 Å². The lowest BCUT2D eigenvalue weighted by atomic mass is 10.1. The molecule has 4 aliphatic heterocycles. The number of anilines is 1. The molecule has 0 aliphatic carbocycles. The summed E-state index contributed by atoms with van der Waals surface area (Å²) in [7, 11) is -0.145. The Bertz CT molecular complexity index is 1120. The van der Waals surface area contributed by atoms with E-state index in [0.29, 0.717) is 24.8 Å². The van der Waals surface area contributed by atoms with Gasteiger partial charge < -0.3 is 9.64 Å². The molecule has 1 aromatic rings. The van der Waals surface area contributed by atoms with E-state index in [4.69, 9.17) is 21.6 Å². The van der Waals surface area contributed by atoms with Crippen molar-refractivity contribution in [2.45, 2.75) is 12.6 Å². The fourth-order valence-corrected chi connectivity index (χ4v) is 6.56. The minimum Gasteiger partial charge on any atom is -0.447 e. The highest BCUT2D eigenvalue weighted by Gasteiger charge is 2.45. The Morgan fingerprint density at radius 1 is 1.45 bits per heavy atom. The van der Waals surface area contributed by atoms with Crippen LogP contribution in [0.2, 0.25) is 5.02 Å². The van der Waals surface area contributed by atoms with Crippen LogP contribution in [0.25, 0.3) is 0 Å². The summed E-state index contributed by atoms with van der Waals surface area (Å²) in [5.41, 5.74) is 6.46. The molecule has 2 unspecified atom stereocenters. The Kier molecular flexibility index (Phi) is 5.32. The molecular formula is C21H21ClN6O2S. The van der Waals surface area contributed by atoms with Crippen molar-refractivity contribution in [3.8, 4) is 6.07 Å². The van der Waals surface area contributed by atoms with Gasteiger partial charge in [0.2, 0.25) is 0 Å². The number of hydrazine groups is 1. The Balaban J connectivity index is 1.55. The number of halogens is 1. The van der Waals surface area contributed by atoms with Gasteiger partial charge >= 0.3 is 6.09 Å². The molecule has 1 fully saturated rings. The number of amides is 1. The summed E-state index contributed by atoms with van der Waals surface area (Å²) in [5, 5.41) is 10.9. The van der Waals surface area contributed by atoms with Crippen LogP contribution in [-0.4, -0.2) is 66.0 Å². The number of nitrogens with one attached hydrogen (secondary N) is 1. The van der Waals surface area contributed by atoms with Crippen LogP contribution in [0.4, 0.5) is 10.5 Å². The van der Waals surface area contributed by atoms with E-state index in [9.17, 15) is 4.79 Å². The van der Waals surface area contributed by atoms with Gasteiger partial charge in [0.05, 0.1) is 47.9 Å². The number of hydrogen-bond acceptors (Lipinski definition) is 7. The van der Waals surface area contributed by atoms with Crippen molar-refractivity contribution in [1.82, 2.24) is 15.3 Å². The van der Waals surface area contributed by atoms with Gasteiger partial charge in [0.1, 0.15) is 12.8 Å². The summed E-state index contributed by atoms with van der Waals surface area (Å²) in [6.45, 7) is 1.75. The predicted octanol–water partition coefficient (Wildman–Crippen LogP) is 2.88. The number of nitrogens with zero attached hydrogens (tertiary/aromatic N) is 5. The van der Waals surface area contributed by atoms with Gasteiger partial charge in [0.15, 0.2) is 0 Å². The fraction of sp³-hybridized carbons (Fsp3) is 0.333. The van der Waals surface area contributed by atoms with Crippen molar-refractivity contribution in [3.63, 3.8) is 0 Å². The molecule has 1 saturated heterocycles. The van der Waals surface area contributed by atoms with Gasteiger partial charge in [0.25, 0.3) is 0 Å². The van der Waals surface area contributed by atoms with Crippen LogP contribution in [0.3, 0.4) is 0 Å². The van der Waals surface area contributed by atoms with Gasteiger partial charge in [-0.3, -0.25) is 4.99 Å². The molecule has 160 valence electrons. The minimum absolute atomic E-state index is 0.0685. The van der Waals surface area contributed by atoms with E-state index in [-0.39, 0.29) is 29.7 Å². The maximum atomic E-state index is 12.8. The number of aliphatic imine (C=N–C) groups is 1. The number of fused-ring (bicyclic) bond motifs is 4. The second kappa shape index (κ2) is 8.13. The lowest BCUT2D eigenvalue weighted by molar-refractivity contribution is 0.0758. The van der Waals surface area contributed by atoms with Crippen LogP contribution in [-0.2, 0) is 4.74 Å². The minimum atomic E-state index is -0.484. The van der Waals surface area contributed by atoms with Crippen molar-refractivity contribution >= 4 is 45.1 Å². The number of carbonyl (C=O) groups excluding carboxylic acids is 1. The molecule has 5 rings (SSSR count). The average Bonchev–Trinajstić information content (AvgIpc) is 3.43. The molecule has 0 spiro atoms. The number of allylic oxidation sites excluding steroid dienone is 1. The first-order valence-electron chi connectivity index (χ1n) is 9.93. The molecule has 0 aromatic heterocycles. The number of ether oxygens (including phenoxy) is 1. The smallest absolute Gasteiger partial charge is 0.425 e. The second-order valence-electron chi connectivity index (χ2n) is 7.43. The van der Waals surface area contributed by atoms with Crippen molar-refractivity contribution < 1.29 is 9.53 Å². The Hall–Kier alpha value is -2.64. The molecule has 0 bridgehead atoms. The highest BCUT2D eigenvalue weighted by Crippen LogP contribution is 2.45. The zero-order chi connectivity index (χ0) is 21.5. The van der Waals surface area contributed by atoms with Crippen LogP contribution in [0.5, 0.6) is 0 Å². The summed E-state index contributed by atoms with van der Waals surface area (Å²) in [4.78, 5) is 24.1. The third-order valence-corrected chi connectivity index (χ3v) is 8.07. The van der Waals surface area contributed by atoms with Gasteiger partial charge in [-0.1, -0.05) is 23.7 Å². The number of nitriles is 1. The average molecular weight is 457 g/mol. The standard InChI is InChI=1S/C21H21ClN6O2S/c1-31-18-10-24-9-14(18)15-11-26(17-6-3-2-5-16(17)22)12-19-27(20(15)31)13-25-28(19)21(29)30-8-4-7-23/h2-3,5-6,10-11,19,25H,4,8-9,12-13H2,1H3. The maximum Gasteiger partial charge on any atom is 0.425 e. The van der Waals surface area contributed by atoms with E-state index in [2.05, 4.69) is 32.7 Å². The van der Waals surface area contributed by atoms with Crippen LogP contribution in [0.1, 0.15) is 6.42 Å². The number of benzene rings is 1.